The maximum Gasteiger partial charge on any atom is 0.0605 e. The summed E-state index contributed by atoms with van der Waals surface area (Å²) in [5.74, 6) is 12.5. The Hall–Kier alpha value is -1.74. The molecule has 0 radical (unpaired) electrons. The van der Waals surface area contributed by atoms with Crippen LogP contribution >= 0.6 is 0 Å². The molecule has 2 fully saturated rings. The number of rotatable bonds is 1. The van der Waals surface area contributed by atoms with E-state index in [1.807, 2.05) is 31.2 Å². The van der Waals surface area contributed by atoms with Crippen molar-refractivity contribution in [2.45, 2.75) is 32.6 Å². The van der Waals surface area contributed by atoms with Gasteiger partial charge < -0.3 is 4.90 Å². The number of benzene rings is 1. The van der Waals surface area contributed by atoms with Gasteiger partial charge in [-0.1, -0.05) is 29.9 Å². The van der Waals surface area contributed by atoms with Crippen molar-refractivity contribution in [3.05, 3.63) is 35.4 Å². The summed E-state index contributed by atoms with van der Waals surface area (Å²) in [6.07, 6.45) is 5.46. The lowest BCUT2D eigenvalue weighted by molar-refractivity contribution is 0.383. The minimum atomic E-state index is 0.883. The standard InChI is InChI=1S/C16H17N.C5H11N/c1-2-8-15-9-3-4-10-16(15)11-7-14-17-12-5-6-13-17;1-6-4-2-3-5-6/h3-4,9-10H,5-6,12-14H2,1H3;2-5H2,1H3. The van der Waals surface area contributed by atoms with E-state index in [-0.39, 0.29) is 0 Å². The van der Waals surface area contributed by atoms with Crippen LogP contribution in [0.5, 0.6) is 0 Å². The molecule has 0 N–H and O–H groups in total. The van der Waals surface area contributed by atoms with Gasteiger partial charge in [0.1, 0.15) is 0 Å². The van der Waals surface area contributed by atoms with Crippen molar-refractivity contribution in [1.82, 2.24) is 9.80 Å². The maximum absolute atomic E-state index is 3.25. The molecule has 0 saturated carbocycles. The van der Waals surface area contributed by atoms with Crippen LogP contribution in [0.25, 0.3) is 0 Å². The monoisotopic (exact) mass is 308 g/mol. The molecule has 3 rings (SSSR count). The molecule has 1 aromatic carbocycles. The summed E-state index contributed by atoms with van der Waals surface area (Å²) in [4.78, 5) is 4.76. The van der Waals surface area contributed by atoms with Crippen LogP contribution in [0, 0.1) is 23.7 Å². The van der Waals surface area contributed by atoms with Gasteiger partial charge >= 0.3 is 0 Å². The molecule has 0 aromatic heterocycles. The van der Waals surface area contributed by atoms with Gasteiger partial charge in [0.2, 0.25) is 0 Å². The minimum absolute atomic E-state index is 0.883. The third-order valence-electron chi connectivity index (χ3n) is 4.24. The highest BCUT2D eigenvalue weighted by Crippen LogP contribution is 2.07. The fourth-order valence-corrected chi connectivity index (χ4v) is 2.90. The smallest absolute Gasteiger partial charge is 0.0605 e. The summed E-state index contributed by atoms with van der Waals surface area (Å²) in [6, 6.07) is 8.08. The zero-order valence-corrected chi connectivity index (χ0v) is 14.6. The van der Waals surface area contributed by atoms with Crippen LogP contribution in [-0.4, -0.2) is 49.6 Å². The molecule has 1 aromatic rings. The van der Waals surface area contributed by atoms with Gasteiger partial charge in [-0.25, -0.2) is 0 Å². The summed E-state index contributed by atoms with van der Waals surface area (Å²) in [7, 11) is 2.17. The molecule has 2 aliphatic heterocycles. The second kappa shape index (κ2) is 10.1. The Balaban J connectivity index is 0.000000268. The molecule has 0 atom stereocenters. The van der Waals surface area contributed by atoms with E-state index in [0.717, 1.165) is 17.7 Å². The molecule has 2 nitrogen and oxygen atoms in total. The van der Waals surface area contributed by atoms with Gasteiger partial charge in [-0.3, -0.25) is 4.90 Å². The van der Waals surface area contributed by atoms with Crippen molar-refractivity contribution in [2.24, 2.45) is 0 Å². The second-order valence-corrected chi connectivity index (χ2v) is 6.22. The molecule has 0 bridgehead atoms. The van der Waals surface area contributed by atoms with Crippen LogP contribution in [0.3, 0.4) is 0 Å². The largest absolute Gasteiger partial charge is 0.306 e. The lowest BCUT2D eigenvalue weighted by Crippen LogP contribution is -2.18. The molecule has 2 heteroatoms. The van der Waals surface area contributed by atoms with Crippen molar-refractivity contribution in [3.8, 4) is 23.7 Å². The normalized spacial score (nSPS) is 17.5. The van der Waals surface area contributed by atoms with Crippen molar-refractivity contribution in [3.63, 3.8) is 0 Å². The highest BCUT2D eigenvalue weighted by atomic mass is 15.1. The van der Waals surface area contributed by atoms with Crippen molar-refractivity contribution >= 4 is 0 Å². The van der Waals surface area contributed by atoms with Gasteiger partial charge in [0.05, 0.1) is 6.54 Å². The van der Waals surface area contributed by atoms with E-state index in [9.17, 15) is 0 Å². The van der Waals surface area contributed by atoms with Gasteiger partial charge in [-0.15, -0.1) is 5.92 Å². The lowest BCUT2D eigenvalue weighted by Gasteiger charge is -2.08. The summed E-state index contributed by atoms with van der Waals surface area (Å²) >= 11 is 0. The van der Waals surface area contributed by atoms with Gasteiger partial charge in [0.15, 0.2) is 0 Å². The molecule has 2 saturated heterocycles. The molecule has 122 valence electrons. The number of hydrogen-bond acceptors (Lipinski definition) is 2. The zero-order valence-electron chi connectivity index (χ0n) is 14.6. The summed E-state index contributed by atoms with van der Waals surface area (Å²) in [5.41, 5.74) is 2.07. The van der Waals surface area contributed by atoms with E-state index in [2.05, 4.69) is 40.5 Å². The first-order valence-electron chi connectivity index (χ1n) is 8.71. The summed E-state index contributed by atoms with van der Waals surface area (Å²) < 4.78 is 0. The fourth-order valence-electron chi connectivity index (χ4n) is 2.90. The highest BCUT2D eigenvalue weighted by molar-refractivity contribution is 5.49. The SMILES string of the molecule is CC#Cc1ccccc1C#CCN1CCCC1.CN1CCCC1. The average Bonchev–Trinajstić information content (AvgIpc) is 3.24. The van der Waals surface area contributed by atoms with Gasteiger partial charge in [0, 0.05) is 11.1 Å². The van der Waals surface area contributed by atoms with Gasteiger partial charge in [-0.2, -0.15) is 0 Å². The van der Waals surface area contributed by atoms with Crippen LogP contribution < -0.4 is 0 Å². The Kier molecular flexibility index (Phi) is 7.74. The van der Waals surface area contributed by atoms with Crippen molar-refractivity contribution < 1.29 is 0 Å². The van der Waals surface area contributed by atoms with Gasteiger partial charge in [-0.05, 0) is 78.0 Å². The first-order chi connectivity index (χ1) is 11.3. The topological polar surface area (TPSA) is 6.48 Å². The van der Waals surface area contributed by atoms with Gasteiger partial charge in [0.25, 0.3) is 0 Å². The first kappa shape index (κ1) is 17.6. The molecule has 2 aliphatic rings. The first-order valence-corrected chi connectivity index (χ1v) is 8.71. The Bertz CT molecular complexity index is 585. The highest BCUT2D eigenvalue weighted by Gasteiger charge is 2.08. The third-order valence-corrected chi connectivity index (χ3v) is 4.24. The quantitative estimate of drug-likeness (QED) is 0.735. The van der Waals surface area contributed by atoms with E-state index < -0.39 is 0 Å². The molecular weight excluding hydrogens is 280 g/mol. The van der Waals surface area contributed by atoms with Crippen LogP contribution in [0.4, 0.5) is 0 Å². The average molecular weight is 308 g/mol. The van der Waals surface area contributed by atoms with E-state index in [0.29, 0.717) is 0 Å². The maximum atomic E-state index is 3.25. The molecular formula is C21H28N2. The number of likely N-dealkylation sites (tertiary alicyclic amines) is 2. The third kappa shape index (κ3) is 6.49. The molecule has 0 amide bonds. The summed E-state index contributed by atoms with van der Waals surface area (Å²) in [5, 5.41) is 0. The Labute approximate surface area is 141 Å². The zero-order chi connectivity index (χ0) is 16.3. The van der Waals surface area contributed by atoms with Crippen LogP contribution in [0.15, 0.2) is 24.3 Å². The van der Waals surface area contributed by atoms with Crippen molar-refractivity contribution in [2.75, 3.05) is 39.8 Å². The number of hydrogen-bond donors (Lipinski definition) is 0. The number of nitrogens with zero attached hydrogens (tertiary/aromatic N) is 2. The molecule has 0 unspecified atom stereocenters. The lowest BCUT2D eigenvalue weighted by atomic mass is 10.1. The van der Waals surface area contributed by atoms with Crippen molar-refractivity contribution in [1.29, 1.82) is 0 Å². The minimum Gasteiger partial charge on any atom is -0.306 e. The van der Waals surface area contributed by atoms with Crippen LogP contribution in [0.1, 0.15) is 43.7 Å². The molecule has 23 heavy (non-hydrogen) atoms. The van der Waals surface area contributed by atoms with E-state index in [1.165, 1.54) is 51.9 Å². The van der Waals surface area contributed by atoms with E-state index >= 15 is 0 Å². The Morgan fingerprint density at radius 1 is 0.870 bits per heavy atom. The second-order valence-electron chi connectivity index (χ2n) is 6.22. The van der Waals surface area contributed by atoms with E-state index in [4.69, 9.17) is 0 Å². The molecule has 0 spiro atoms. The predicted molar refractivity (Wildman–Crippen MR) is 98.3 cm³/mol. The van der Waals surface area contributed by atoms with Crippen LogP contribution in [-0.2, 0) is 0 Å². The Morgan fingerprint density at radius 2 is 1.43 bits per heavy atom. The molecule has 0 aliphatic carbocycles. The fraction of sp³-hybridized carbons (Fsp3) is 0.524. The van der Waals surface area contributed by atoms with E-state index in [1.54, 1.807) is 0 Å². The Morgan fingerprint density at radius 3 is 1.96 bits per heavy atom. The summed E-state index contributed by atoms with van der Waals surface area (Å²) in [6.45, 7) is 7.78. The molecule has 2 heterocycles. The van der Waals surface area contributed by atoms with Crippen LogP contribution in [0.2, 0.25) is 0 Å². The predicted octanol–water partition coefficient (Wildman–Crippen LogP) is 3.22.